The highest BCUT2D eigenvalue weighted by Gasteiger charge is 2.30. The molecule has 3 aromatic rings. The Bertz CT molecular complexity index is 1380. The Hall–Kier alpha value is -3.17. The van der Waals surface area contributed by atoms with Crippen LogP contribution in [-0.2, 0) is 29.1 Å². The van der Waals surface area contributed by atoms with Gasteiger partial charge in [0.15, 0.2) is 5.13 Å². The lowest BCUT2D eigenvalue weighted by molar-refractivity contribution is -0.160. The Morgan fingerprint density at radius 2 is 1.95 bits per heavy atom. The van der Waals surface area contributed by atoms with Gasteiger partial charge >= 0.3 is 5.97 Å². The monoisotopic (exact) mass is 567 g/mol. The molecular weight excluding hydrogens is 529 g/mol. The number of benzene rings is 2. The number of aryl methyl sites for hydroxylation is 1. The number of aromatic nitrogens is 1. The van der Waals surface area contributed by atoms with Crippen LogP contribution in [0.5, 0.6) is 11.5 Å². The molecule has 40 heavy (non-hydrogen) atoms. The molecule has 0 aliphatic carbocycles. The first-order chi connectivity index (χ1) is 19.1. The molecule has 1 fully saturated rings. The van der Waals surface area contributed by atoms with E-state index in [1.54, 1.807) is 24.5 Å². The molecule has 0 atom stereocenters. The molecule has 1 N–H and O–H groups in total. The highest BCUT2D eigenvalue weighted by atomic mass is 32.1. The van der Waals surface area contributed by atoms with E-state index in [1.807, 2.05) is 45.2 Å². The predicted molar refractivity (Wildman–Crippen MR) is 156 cm³/mol. The highest BCUT2D eigenvalue weighted by molar-refractivity contribution is 7.14. The molecule has 5 rings (SSSR count). The van der Waals surface area contributed by atoms with Gasteiger partial charge in [-0.25, -0.2) is 9.37 Å². The third-order valence-electron chi connectivity index (χ3n) is 7.38. The molecule has 2 aliphatic heterocycles. The van der Waals surface area contributed by atoms with Crippen LogP contribution in [-0.4, -0.2) is 43.3 Å². The smallest absolute Gasteiger partial charge is 0.309 e. The number of rotatable bonds is 7. The number of thiazole rings is 1. The second-order valence-electron chi connectivity index (χ2n) is 11.5. The van der Waals surface area contributed by atoms with Crippen LogP contribution in [0, 0.1) is 18.7 Å². The van der Waals surface area contributed by atoms with Gasteiger partial charge in [0.05, 0.1) is 18.7 Å². The molecule has 9 heteroatoms. The van der Waals surface area contributed by atoms with Crippen LogP contribution >= 0.6 is 11.3 Å². The van der Waals surface area contributed by atoms with Gasteiger partial charge in [0.1, 0.15) is 29.5 Å². The maximum Gasteiger partial charge on any atom is 0.309 e. The fourth-order valence-electron chi connectivity index (χ4n) is 5.30. The summed E-state index contributed by atoms with van der Waals surface area (Å²) < 4.78 is 32.8. The number of esters is 1. The Kier molecular flexibility index (Phi) is 8.33. The van der Waals surface area contributed by atoms with Crippen molar-refractivity contribution in [3.63, 3.8) is 0 Å². The number of anilines is 1. The number of piperidine rings is 1. The van der Waals surface area contributed by atoms with Crippen molar-refractivity contribution in [3.05, 3.63) is 57.7 Å². The third-order valence-corrected chi connectivity index (χ3v) is 8.28. The normalized spacial score (nSPS) is 16.0. The van der Waals surface area contributed by atoms with Gasteiger partial charge in [0.2, 0.25) is 0 Å². The number of carbonyl (C=O) groups is 1. The summed E-state index contributed by atoms with van der Waals surface area (Å²) in [7, 11) is 1.62. The second-order valence-corrected chi connectivity index (χ2v) is 12.4. The van der Waals surface area contributed by atoms with Crippen LogP contribution in [0.1, 0.15) is 55.9 Å². The molecule has 0 radical (unpaired) electrons. The van der Waals surface area contributed by atoms with E-state index in [4.69, 9.17) is 19.2 Å². The lowest BCUT2D eigenvalue weighted by atomic mass is 9.96. The standard InChI is InChI=1S/C31H38FN3O4S/c1-19-6-7-26(38-17-21-15-27(37-5)24-16-33-11-8-22(24)28(21)32)23(14-19)25-18-40-30(34-25)35-12-9-20(10-13-35)29(36)39-31(2,3)4/h6-7,14-15,18,20,33H,8-13,16-17H2,1-5H3. The van der Waals surface area contributed by atoms with Gasteiger partial charge in [-0.05, 0) is 77.3 Å². The van der Waals surface area contributed by atoms with E-state index in [2.05, 4.69) is 16.3 Å². The molecule has 1 aromatic heterocycles. The SMILES string of the molecule is COc1cc(COc2ccc(C)cc2-c2csc(N3CCC(C(=O)OC(C)(C)C)CC3)n2)c(F)c2c1CNCC2. The van der Waals surface area contributed by atoms with Crippen molar-refractivity contribution in [2.75, 3.05) is 31.6 Å². The minimum absolute atomic E-state index is 0.0782. The summed E-state index contributed by atoms with van der Waals surface area (Å²) in [5, 5.41) is 6.24. The van der Waals surface area contributed by atoms with Crippen LogP contribution in [0.25, 0.3) is 11.3 Å². The number of hydrogen-bond donors (Lipinski definition) is 1. The zero-order valence-electron chi connectivity index (χ0n) is 23.9. The van der Waals surface area contributed by atoms with E-state index in [-0.39, 0.29) is 24.3 Å². The van der Waals surface area contributed by atoms with Crippen LogP contribution in [0.3, 0.4) is 0 Å². The molecule has 2 aromatic carbocycles. The number of ether oxygens (including phenoxy) is 3. The number of fused-ring (bicyclic) bond motifs is 1. The summed E-state index contributed by atoms with van der Waals surface area (Å²) in [5.74, 6) is 0.940. The average molecular weight is 568 g/mol. The number of carbonyl (C=O) groups excluding carboxylic acids is 1. The number of halogens is 1. The number of hydrogen-bond acceptors (Lipinski definition) is 8. The molecule has 7 nitrogen and oxygen atoms in total. The second kappa shape index (κ2) is 11.7. The summed E-state index contributed by atoms with van der Waals surface area (Å²) in [6.45, 7) is 10.7. The maximum atomic E-state index is 15.4. The van der Waals surface area contributed by atoms with Gasteiger partial charge in [-0.2, -0.15) is 0 Å². The zero-order chi connectivity index (χ0) is 28.4. The minimum atomic E-state index is -0.471. The molecule has 1 saturated heterocycles. The molecule has 0 saturated carbocycles. The van der Waals surface area contributed by atoms with Crippen molar-refractivity contribution < 1.29 is 23.4 Å². The highest BCUT2D eigenvalue weighted by Crippen LogP contribution is 2.37. The van der Waals surface area contributed by atoms with Gasteiger partial charge in [0, 0.05) is 41.7 Å². The molecule has 0 unspecified atom stereocenters. The largest absolute Gasteiger partial charge is 0.496 e. The van der Waals surface area contributed by atoms with E-state index in [0.29, 0.717) is 35.6 Å². The predicted octanol–water partition coefficient (Wildman–Crippen LogP) is 6.05. The van der Waals surface area contributed by atoms with E-state index < -0.39 is 5.60 Å². The fraction of sp³-hybridized carbons (Fsp3) is 0.484. The van der Waals surface area contributed by atoms with Crippen LogP contribution in [0.2, 0.25) is 0 Å². The summed E-state index contributed by atoms with van der Waals surface area (Å²) in [5.41, 5.74) is 4.39. The Morgan fingerprint density at radius 1 is 1.18 bits per heavy atom. The van der Waals surface area contributed by atoms with E-state index in [1.165, 1.54) is 0 Å². The Morgan fingerprint density at radius 3 is 2.67 bits per heavy atom. The van der Waals surface area contributed by atoms with E-state index in [9.17, 15) is 4.79 Å². The van der Waals surface area contributed by atoms with Crippen LogP contribution in [0.15, 0.2) is 29.6 Å². The lowest BCUT2D eigenvalue weighted by Gasteiger charge is -2.32. The quantitative estimate of drug-likeness (QED) is 0.349. The van der Waals surface area contributed by atoms with Gasteiger partial charge in [-0.15, -0.1) is 11.3 Å². The maximum absolute atomic E-state index is 15.4. The van der Waals surface area contributed by atoms with Crippen molar-refractivity contribution in [2.24, 2.45) is 5.92 Å². The summed E-state index contributed by atoms with van der Waals surface area (Å²) >= 11 is 1.58. The Labute approximate surface area is 239 Å². The summed E-state index contributed by atoms with van der Waals surface area (Å²) in [6.07, 6.45) is 2.11. The number of nitrogens with one attached hydrogen (secondary N) is 1. The summed E-state index contributed by atoms with van der Waals surface area (Å²) in [4.78, 5) is 19.7. The minimum Gasteiger partial charge on any atom is -0.496 e. The van der Waals surface area contributed by atoms with Crippen molar-refractivity contribution >= 4 is 22.4 Å². The molecule has 214 valence electrons. The van der Waals surface area contributed by atoms with Crippen molar-refractivity contribution in [2.45, 2.75) is 65.7 Å². The van der Waals surface area contributed by atoms with Crippen molar-refractivity contribution in [1.82, 2.24) is 10.3 Å². The van der Waals surface area contributed by atoms with Gasteiger partial charge < -0.3 is 24.4 Å². The first-order valence-corrected chi connectivity index (χ1v) is 14.8. The molecule has 0 spiro atoms. The topological polar surface area (TPSA) is 72.9 Å². The fourth-order valence-corrected chi connectivity index (χ4v) is 6.18. The van der Waals surface area contributed by atoms with Crippen molar-refractivity contribution in [1.29, 1.82) is 0 Å². The first kappa shape index (κ1) is 28.4. The van der Waals surface area contributed by atoms with Gasteiger partial charge in [-0.1, -0.05) is 11.6 Å². The third kappa shape index (κ3) is 6.25. The van der Waals surface area contributed by atoms with E-state index >= 15 is 4.39 Å². The van der Waals surface area contributed by atoms with Gasteiger partial charge in [-0.3, -0.25) is 4.79 Å². The van der Waals surface area contributed by atoms with Crippen LogP contribution < -0.4 is 19.7 Å². The number of nitrogens with zero attached hydrogens (tertiary/aromatic N) is 2. The molecular formula is C31H38FN3O4S. The lowest BCUT2D eigenvalue weighted by Crippen LogP contribution is -2.38. The van der Waals surface area contributed by atoms with Gasteiger partial charge in [0.25, 0.3) is 0 Å². The Balaban J connectivity index is 1.30. The first-order valence-electron chi connectivity index (χ1n) is 13.9. The van der Waals surface area contributed by atoms with Crippen LogP contribution in [0.4, 0.5) is 9.52 Å². The molecule has 0 amide bonds. The molecule has 0 bridgehead atoms. The molecule has 2 aliphatic rings. The number of methoxy groups -OCH3 is 1. The van der Waals surface area contributed by atoms with E-state index in [0.717, 1.165) is 60.0 Å². The zero-order valence-corrected chi connectivity index (χ0v) is 24.8. The molecule has 3 heterocycles. The average Bonchev–Trinajstić information content (AvgIpc) is 3.43. The summed E-state index contributed by atoms with van der Waals surface area (Å²) in [6, 6.07) is 7.71. The van der Waals surface area contributed by atoms with Crippen molar-refractivity contribution in [3.8, 4) is 22.8 Å².